The second-order valence-electron chi connectivity index (χ2n) is 8.54. The molecule has 6 nitrogen and oxygen atoms in total. The van der Waals surface area contributed by atoms with Crippen LogP contribution in [-0.2, 0) is 20.9 Å². The number of nitrogens with one attached hydrogen (secondary N) is 1. The van der Waals surface area contributed by atoms with Crippen LogP contribution < -0.4 is 10.1 Å². The normalized spacial score (nSPS) is 23.7. The number of hydrogen-bond donors (Lipinski definition) is 1. The lowest BCUT2D eigenvalue weighted by Crippen LogP contribution is -2.57. The fourth-order valence-corrected chi connectivity index (χ4v) is 4.60. The minimum Gasteiger partial charge on any atom is -0.495 e. The monoisotopic (exact) mass is 424 g/mol. The molecule has 2 fully saturated rings. The summed E-state index contributed by atoms with van der Waals surface area (Å²) in [5.74, 6) is 0.619. The van der Waals surface area contributed by atoms with Gasteiger partial charge in [-0.25, -0.2) is 0 Å². The minimum atomic E-state index is -0.221. The number of aryl methyl sites for hydroxylation is 1. The van der Waals surface area contributed by atoms with Crippen LogP contribution in [0.3, 0.4) is 0 Å². The fraction of sp³-hybridized carbons (Fsp3) is 0.480. The molecule has 0 aliphatic carbocycles. The van der Waals surface area contributed by atoms with Crippen molar-refractivity contribution >= 4 is 11.6 Å². The maximum atomic E-state index is 12.8. The first-order chi connectivity index (χ1) is 15.1. The van der Waals surface area contributed by atoms with Crippen LogP contribution in [-0.4, -0.2) is 55.9 Å². The number of rotatable bonds is 7. The molecule has 6 heteroatoms. The maximum Gasteiger partial charge on any atom is 0.238 e. The number of benzene rings is 2. The summed E-state index contributed by atoms with van der Waals surface area (Å²) in [7, 11) is 1.61. The first kappa shape index (κ1) is 21.8. The molecule has 2 saturated heterocycles. The number of methoxy groups -OCH3 is 1. The smallest absolute Gasteiger partial charge is 0.238 e. The molecule has 0 aromatic heterocycles. The highest BCUT2D eigenvalue weighted by molar-refractivity contribution is 5.93. The van der Waals surface area contributed by atoms with Gasteiger partial charge in [0.25, 0.3) is 0 Å². The average Bonchev–Trinajstić information content (AvgIpc) is 3.24. The van der Waals surface area contributed by atoms with Gasteiger partial charge in [0.2, 0.25) is 5.91 Å². The topological polar surface area (TPSA) is 60.0 Å². The zero-order chi connectivity index (χ0) is 21.7. The van der Waals surface area contributed by atoms with E-state index >= 15 is 0 Å². The average molecular weight is 425 g/mol. The lowest BCUT2D eigenvalue weighted by Gasteiger charge is -2.44. The third-order valence-corrected chi connectivity index (χ3v) is 6.29. The number of carbonyl (C=O) groups is 1. The molecule has 31 heavy (non-hydrogen) atoms. The van der Waals surface area contributed by atoms with Crippen LogP contribution >= 0.6 is 0 Å². The molecule has 2 aromatic rings. The number of amides is 1. The Bertz CT molecular complexity index is 880. The Kier molecular flexibility index (Phi) is 6.90. The van der Waals surface area contributed by atoms with Crippen molar-refractivity contribution in [3.05, 3.63) is 59.7 Å². The number of likely N-dealkylation sites (tertiary alicyclic amines) is 1. The largest absolute Gasteiger partial charge is 0.495 e. The molecule has 2 aliphatic heterocycles. The fourth-order valence-electron chi connectivity index (χ4n) is 4.60. The Morgan fingerprint density at radius 3 is 2.81 bits per heavy atom. The van der Waals surface area contributed by atoms with Crippen molar-refractivity contribution in [1.82, 2.24) is 4.90 Å². The summed E-state index contributed by atoms with van der Waals surface area (Å²) in [4.78, 5) is 14.9. The van der Waals surface area contributed by atoms with Gasteiger partial charge in [0.1, 0.15) is 5.75 Å². The highest BCUT2D eigenvalue weighted by Crippen LogP contribution is 2.38. The highest BCUT2D eigenvalue weighted by atomic mass is 16.6. The standard InChI is InChI=1S/C25H32N2O4/c1-19-9-10-22(29-2)21(15-19)26-24(28)17-27-13-12-25(11-6-14-31-25)23(16-27)30-18-20-7-4-3-5-8-20/h3-5,7-10,15,23H,6,11-14,16-18H2,1-2H3,(H,26,28)/t23-,25-/m1/s1. The van der Waals surface area contributed by atoms with Gasteiger partial charge in [-0.15, -0.1) is 0 Å². The predicted molar refractivity (Wildman–Crippen MR) is 120 cm³/mol. The number of hydrogen-bond acceptors (Lipinski definition) is 5. The van der Waals surface area contributed by atoms with Gasteiger partial charge in [-0.3, -0.25) is 9.69 Å². The summed E-state index contributed by atoms with van der Waals surface area (Å²) in [6.45, 7) is 5.17. The van der Waals surface area contributed by atoms with E-state index in [0.29, 0.717) is 31.1 Å². The van der Waals surface area contributed by atoms with E-state index in [-0.39, 0.29) is 17.6 Å². The number of anilines is 1. The van der Waals surface area contributed by atoms with Crippen LogP contribution in [0.4, 0.5) is 5.69 Å². The Balaban J connectivity index is 1.39. The van der Waals surface area contributed by atoms with Crippen molar-refractivity contribution in [1.29, 1.82) is 0 Å². The van der Waals surface area contributed by atoms with E-state index < -0.39 is 0 Å². The maximum absolute atomic E-state index is 12.8. The first-order valence-electron chi connectivity index (χ1n) is 11.0. The summed E-state index contributed by atoms with van der Waals surface area (Å²) >= 11 is 0. The summed E-state index contributed by atoms with van der Waals surface area (Å²) in [5, 5.41) is 3.01. The Morgan fingerprint density at radius 1 is 1.23 bits per heavy atom. The zero-order valence-corrected chi connectivity index (χ0v) is 18.4. The van der Waals surface area contributed by atoms with Gasteiger partial charge in [0, 0.05) is 19.7 Å². The van der Waals surface area contributed by atoms with E-state index in [2.05, 4.69) is 22.3 Å². The van der Waals surface area contributed by atoms with Gasteiger partial charge in [0.15, 0.2) is 0 Å². The molecule has 1 N–H and O–H groups in total. The molecule has 0 unspecified atom stereocenters. The third kappa shape index (κ3) is 5.26. The molecule has 4 rings (SSSR count). The molecule has 2 aromatic carbocycles. The van der Waals surface area contributed by atoms with E-state index in [1.54, 1.807) is 7.11 Å². The molecule has 2 aliphatic rings. The van der Waals surface area contributed by atoms with Gasteiger partial charge in [0.05, 0.1) is 37.7 Å². The van der Waals surface area contributed by atoms with Gasteiger partial charge in [-0.05, 0) is 49.4 Å². The molecule has 0 radical (unpaired) electrons. The molecule has 1 amide bonds. The molecule has 0 saturated carbocycles. The van der Waals surface area contributed by atoms with E-state index in [1.807, 2.05) is 43.3 Å². The number of carbonyl (C=O) groups excluding carboxylic acids is 1. The quantitative estimate of drug-likeness (QED) is 0.733. The van der Waals surface area contributed by atoms with Crippen molar-refractivity contribution < 1.29 is 19.0 Å². The SMILES string of the molecule is COc1ccc(C)cc1NC(=O)CN1CC[C@]2(CCCO2)[C@H](OCc2ccccc2)C1. The summed E-state index contributed by atoms with van der Waals surface area (Å²) in [5.41, 5.74) is 2.71. The predicted octanol–water partition coefficient (Wildman–Crippen LogP) is 3.78. The van der Waals surface area contributed by atoms with Crippen LogP contribution in [0.15, 0.2) is 48.5 Å². The second kappa shape index (κ2) is 9.81. The van der Waals surface area contributed by atoms with Crippen molar-refractivity contribution in [2.75, 3.05) is 38.7 Å². The number of piperidine rings is 1. The number of ether oxygens (including phenoxy) is 3. The third-order valence-electron chi connectivity index (χ3n) is 6.29. The molecule has 0 bridgehead atoms. The Labute approximate surface area is 184 Å². The van der Waals surface area contributed by atoms with Gasteiger partial charge < -0.3 is 19.5 Å². The Morgan fingerprint density at radius 2 is 2.06 bits per heavy atom. The minimum absolute atomic E-state index is 0.0472. The summed E-state index contributed by atoms with van der Waals surface area (Å²) in [6, 6.07) is 16.0. The van der Waals surface area contributed by atoms with Gasteiger partial charge >= 0.3 is 0 Å². The van der Waals surface area contributed by atoms with E-state index in [0.717, 1.165) is 43.5 Å². The van der Waals surface area contributed by atoms with E-state index in [1.165, 1.54) is 0 Å². The molecular weight excluding hydrogens is 392 g/mol. The summed E-state index contributed by atoms with van der Waals surface area (Å²) in [6.07, 6.45) is 2.92. The van der Waals surface area contributed by atoms with Crippen molar-refractivity contribution in [3.8, 4) is 5.75 Å². The highest BCUT2D eigenvalue weighted by Gasteiger charge is 2.47. The van der Waals surface area contributed by atoms with Crippen LogP contribution in [0, 0.1) is 6.92 Å². The molecule has 1 spiro atoms. The van der Waals surface area contributed by atoms with Crippen molar-refractivity contribution in [2.24, 2.45) is 0 Å². The van der Waals surface area contributed by atoms with Gasteiger partial charge in [-0.2, -0.15) is 0 Å². The van der Waals surface area contributed by atoms with Crippen molar-refractivity contribution in [2.45, 2.75) is 44.5 Å². The second-order valence-corrected chi connectivity index (χ2v) is 8.54. The zero-order valence-electron chi connectivity index (χ0n) is 18.4. The molecule has 2 atom stereocenters. The van der Waals surface area contributed by atoms with E-state index in [9.17, 15) is 4.79 Å². The molecule has 2 heterocycles. The Hall–Kier alpha value is -2.41. The lowest BCUT2D eigenvalue weighted by atomic mass is 9.85. The number of nitrogens with zero attached hydrogens (tertiary/aromatic N) is 1. The molecular formula is C25H32N2O4. The van der Waals surface area contributed by atoms with E-state index in [4.69, 9.17) is 14.2 Å². The molecule has 166 valence electrons. The van der Waals surface area contributed by atoms with Crippen molar-refractivity contribution in [3.63, 3.8) is 0 Å². The van der Waals surface area contributed by atoms with Crippen LogP contribution in [0.5, 0.6) is 5.75 Å². The summed E-state index contributed by atoms with van der Waals surface area (Å²) < 4.78 is 18.0. The first-order valence-corrected chi connectivity index (χ1v) is 11.0. The van der Waals surface area contributed by atoms with Crippen LogP contribution in [0.25, 0.3) is 0 Å². The van der Waals surface area contributed by atoms with Gasteiger partial charge in [-0.1, -0.05) is 36.4 Å². The van der Waals surface area contributed by atoms with Crippen LogP contribution in [0.2, 0.25) is 0 Å². The van der Waals surface area contributed by atoms with Crippen LogP contribution in [0.1, 0.15) is 30.4 Å². The lowest BCUT2D eigenvalue weighted by molar-refractivity contribution is -0.159.